The van der Waals surface area contributed by atoms with Crippen molar-refractivity contribution in [2.24, 2.45) is 0 Å². The summed E-state index contributed by atoms with van der Waals surface area (Å²) < 4.78 is 24.0. The van der Waals surface area contributed by atoms with Gasteiger partial charge in [0.2, 0.25) is 0 Å². The summed E-state index contributed by atoms with van der Waals surface area (Å²) in [7, 11) is 1.54. The maximum Gasteiger partial charge on any atom is 0.338 e. The number of methoxy groups -OCH3 is 1. The summed E-state index contributed by atoms with van der Waals surface area (Å²) in [5, 5.41) is 8.78. The van der Waals surface area contributed by atoms with Gasteiger partial charge in [-0.05, 0) is 30.3 Å². The number of carboxylic acid groups (broad SMARTS) is 1. The van der Waals surface area contributed by atoms with Crippen molar-refractivity contribution in [1.29, 1.82) is 0 Å². The van der Waals surface area contributed by atoms with Crippen LogP contribution in [0, 0.1) is 5.82 Å². The Labute approximate surface area is 114 Å². The van der Waals surface area contributed by atoms with Crippen LogP contribution >= 0.6 is 0 Å². The van der Waals surface area contributed by atoms with Crippen LogP contribution in [0.3, 0.4) is 0 Å². The predicted molar refractivity (Wildman–Crippen MR) is 70.8 cm³/mol. The lowest BCUT2D eigenvalue weighted by atomic mass is 10.1. The number of nitrogen functional groups attached to an aromatic ring is 1. The summed E-state index contributed by atoms with van der Waals surface area (Å²) >= 11 is 0. The maximum atomic E-state index is 13.6. The fraction of sp³-hybridized carbons (Fsp3) is 0.0714. The van der Waals surface area contributed by atoms with Crippen molar-refractivity contribution in [2.45, 2.75) is 0 Å². The van der Waals surface area contributed by atoms with Gasteiger partial charge in [0, 0.05) is 6.07 Å². The van der Waals surface area contributed by atoms with E-state index in [1.54, 1.807) is 24.3 Å². The van der Waals surface area contributed by atoms with Gasteiger partial charge in [-0.15, -0.1) is 0 Å². The van der Waals surface area contributed by atoms with Gasteiger partial charge in [0.05, 0.1) is 18.4 Å². The van der Waals surface area contributed by atoms with Crippen molar-refractivity contribution in [3.8, 4) is 17.2 Å². The second kappa shape index (κ2) is 5.48. The molecule has 0 aliphatic rings. The molecule has 3 N–H and O–H groups in total. The molecule has 104 valence electrons. The summed E-state index contributed by atoms with van der Waals surface area (Å²) in [6.45, 7) is 0. The number of carbonyl (C=O) groups is 1. The number of benzene rings is 2. The lowest BCUT2D eigenvalue weighted by Gasteiger charge is -2.10. The molecule has 0 aliphatic heterocycles. The third-order valence-corrected chi connectivity index (χ3v) is 2.62. The summed E-state index contributed by atoms with van der Waals surface area (Å²) in [5.74, 6) is -1.16. The van der Waals surface area contributed by atoms with E-state index >= 15 is 0 Å². The molecule has 0 fully saturated rings. The van der Waals surface area contributed by atoms with E-state index in [9.17, 15) is 9.18 Å². The number of ether oxygens (including phenoxy) is 2. The van der Waals surface area contributed by atoms with E-state index in [1.807, 2.05) is 0 Å². The standard InChI is InChI=1S/C14H12FNO4/c1-19-8-2-4-9(5-3-8)20-13-7-11(15)10(14(17)18)6-12(13)16/h2-7H,16H2,1H3,(H,17,18). The van der Waals surface area contributed by atoms with Gasteiger partial charge in [0.15, 0.2) is 5.75 Å². The predicted octanol–water partition coefficient (Wildman–Crippen LogP) is 2.91. The zero-order valence-corrected chi connectivity index (χ0v) is 10.6. The topological polar surface area (TPSA) is 81.8 Å². The van der Waals surface area contributed by atoms with Crippen LogP contribution in [0.15, 0.2) is 36.4 Å². The molecule has 0 atom stereocenters. The lowest BCUT2D eigenvalue weighted by molar-refractivity contribution is 0.0692. The van der Waals surface area contributed by atoms with E-state index < -0.39 is 17.3 Å². The molecule has 0 saturated carbocycles. The van der Waals surface area contributed by atoms with Gasteiger partial charge in [-0.3, -0.25) is 0 Å². The van der Waals surface area contributed by atoms with E-state index in [2.05, 4.69) is 0 Å². The smallest absolute Gasteiger partial charge is 0.338 e. The first-order valence-electron chi connectivity index (χ1n) is 5.65. The highest BCUT2D eigenvalue weighted by molar-refractivity contribution is 5.89. The van der Waals surface area contributed by atoms with Gasteiger partial charge in [-0.1, -0.05) is 0 Å². The van der Waals surface area contributed by atoms with Crippen molar-refractivity contribution in [1.82, 2.24) is 0 Å². The van der Waals surface area contributed by atoms with Crippen molar-refractivity contribution in [3.05, 3.63) is 47.8 Å². The molecule has 6 heteroatoms. The zero-order valence-electron chi connectivity index (χ0n) is 10.6. The SMILES string of the molecule is COc1ccc(Oc2cc(F)c(C(=O)O)cc2N)cc1. The van der Waals surface area contributed by atoms with Crippen molar-refractivity contribution in [2.75, 3.05) is 12.8 Å². The molecule has 20 heavy (non-hydrogen) atoms. The molecular weight excluding hydrogens is 265 g/mol. The van der Waals surface area contributed by atoms with Crippen molar-refractivity contribution >= 4 is 11.7 Å². The second-order valence-electron chi connectivity index (χ2n) is 3.95. The Bertz CT molecular complexity index is 640. The molecule has 2 aromatic carbocycles. The van der Waals surface area contributed by atoms with Gasteiger partial charge in [0.25, 0.3) is 0 Å². The van der Waals surface area contributed by atoms with Gasteiger partial charge >= 0.3 is 5.97 Å². The van der Waals surface area contributed by atoms with E-state index in [0.29, 0.717) is 11.5 Å². The van der Waals surface area contributed by atoms with Crippen LogP contribution in [0.4, 0.5) is 10.1 Å². The number of aromatic carboxylic acids is 1. The average Bonchev–Trinajstić information content (AvgIpc) is 2.43. The molecule has 2 rings (SSSR count). The molecule has 0 unspecified atom stereocenters. The molecule has 0 bridgehead atoms. The Morgan fingerprint density at radius 1 is 1.20 bits per heavy atom. The Balaban J connectivity index is 2.29. The molecule has 0 amide bonds. The number of hydrogen-bond acceptors (Lipinski definition) is 4. The van der Waals surface area contributed by atoms with E-state index in [4.69, 9.17) is 20.3 Å². The number of carboxylic acids is 1. The Morgan fingerprint density at radius 3 is 2.35 bits per heavy atom. The fourth-order valence-corrected chi connectivity index (χ4v) is 1.59. The first-order valence-corrected chi connectivity index (χ1v) is 5.65. The third kappa shape index (κ3) is 2.80. The molecule has 0 radical (unpaired) electrons. The highest BCUT2D eigenvalue weighted by Crippen LogP contribution is 2.30. The van der Waals surface area contributed by atoms with E-state index in [0.717, 1.165) is 12.1 Å². The van der Waals surface area contributed by atoms with Crippen LogP contribution in [0.25, 0.3) is 0 Å². The minimum atomic E-state index is -1.38. The van der Waals surface area contributed by atoms with Crippen LogP contribution in [-0.2, 0) is 0 Å². The Kier molecular flexibility index (Phi) is 3.74. The molecule has 0 aliphatic carbocycles. The number of anilines is 1. The van der Waals surface area contributed by atoms with Crippen molar-refractivity contribution < 1.29 is 23.8 Å². The Hall–Kier alpha value is -2.76. The monoisotopic (exact) mass is 277 g/mol. The normalized spacial score (nSPS) is 10.1. The van der Waals surface area contributed by atoms with Crippen LogP contribution in [0.2, 0.25) is 0 Å². The molecule has 2 aromatic rings. The van der Waals surface area contributed by atoms with Crippen LogP contribution in [-0.4, -0.2) is 18.2 Å². The summed E-state index contributed by atoms with van der Waals surface area (Å²) in [6.07, 6.45) is 0. The quantitative estimate of drug-likeness (QED) is 0.840. The number of hydrogen-bond donors (Lipinski definition) is 2. The average molecular weight is 277 g/mol. The zero-order chi connectivity index (χ0) is 14.7. The van der Waals surface area contributed by atoms with Crippen LogP contribution in [0.1, 0.15) is 10.4 Å². The molecule has 0 spiro atoms. The van der Waals surface area contributed by atoms with Crippen molar-refractivity contribution in [3.63, 3.8) is 0 Å². The lowest BCUT2D eigenvalue weighted by Crippen LogP contribution is -2.03. The fourth-order valence-electron chi connectivity index (χ4n) is 1.59. The van der Waals surface area contributed by atoms with E-state index in [-0.39, 0.29) is 11.4 Å². The van der Waals surface area contributed by atoms with Crippen LogP contribution in [0.5, 0.6) is 17.2 Å². The second-order valence-corrected chi connectivity index (χ2v) is 3.95. The molecule has 0 saturated heterocycles. The van der Waals surface area contributed by atoms with Gasteiger partial charge in [-0.2, -0.15) is 0 Å². The maximum absolute atomic E-state index is 13.6. The highest BCUT2D eigenvalue weighted by atomic mass is 19.1. The Morgan fingerprint density at radius 2 is 1.80 bits per heavy atom. The minimum absolute atomic E-state index is 0.0413. The summed E-state index contributed by atoms with van der Waals surface area (Å²) in [4.78, 5) is 10.8. The summed E-state index contributed by atoms with van der Waals surface area (Å²) in [5.41, 5.74) is 5.20. The summed E-state index contributed by atoms with van der Waals surface area (Å²) in [6, 6.07) is 8.57. The molecule has 0 heterocycles. The number of halogens is 1. The van der Waals surface area contributed by atoms with Crippen LogP contribution < -0.4 is 15.2 Å². The first kappa shape index (κ1) is 13.7. The van der Waals surface area contributed by atoms with Gasteiger partial charge < -0.3 is 20.3 Å². The van der Waals surface area contributed by atoms with Gasteiger partial charge in [0.1, 0.15) is 17.3 Å². The number of rotatable bonds is 4. The molecule has 5 nitrogen and oxygen atoms in total. The first-order chi connectivity index (χ1) is 9.51. The van der Waals surface area contributed by atoms with Gasteiger partial charge in [-0.25, -0.2) is 9.18 Å². The van der Waals surface area contributed by atoms with E-state index in [1.165, 1.54) is 7.11 Å². The molecular formula is C14H12FNO4. The largest absolute Gasteiger partial charge is 0.497 e. The third-order valence-electron chi connectivity index (χ3n) is 2.62. The molecule has 0 aromatic heterocycles. The highest BCUT2D eigenvalue weighted by Gasteiger charge is 2.15. The number of nitrogens with two attached hydrogens (primary N) is 1. The minimum Gasteiger partial charge on any atom is -0.497 e.